The van der Waals surface area contributed by atoms with Crippen LogP contribution in [0.15, 0.2) is 41.8 Å². The molecule has 3 rings (SSSR count). The van der Waals surface area contributed by atoms with Crippen LogP contribution in [0.2, 0.25) is 0 Å². The molecule has 0 saturated heterocycles. The number of aromatic nitrogens is 3. The smallest absolute Gasteiger partial charge is 0.240 e. The van der Waals surface area contributed by atoms with Gasteiger partial charge in [-0.3, -0.25) is 14.5 Å². The molecule has 3 aromatic rings. The van der Waals surface area contributed by atoms with Gasteiger partial charge < -0.3 is 10.1 Å². The zero-order valence-corrected chi connectivity index (χ0v) is 17.8. The maximum absolute atomic E-state index is 12.3. The van der Waals surface area contributed by atoms with Crippen LogP contribution < -0.4 is 10.1 Å². The van der Waals surface area contributed by atoms with Crippen LogP contribution in [0.4, 0.5) is 0 Å². The second-order valence-electron chi connectivity index (χ2n) is 7.39. The first-order chi connectivity index (χ1) is 13.3. The van der Waals surface area contributed by atoms with Gasteiger partial charge in [0, 0.05) is 0 Å². The molecule has 1 amide bonds. The Morgan fingerprint density at radius 2 is 2.04 bits per heavy atom. The van der Waals surface area contributed by atoms with Crippen LogP contribution in [0.25, 0.3) is 10.7 Å². The lowest BCUT2D eigenvalue weighted by atomic mass is 9.87. The van der Waals surface area contributed by atoms with E-state index < -0.39 is 0 Å². The highest BCUT2D eigenvalue weighted by Crippen LogP contribution is 2.24. The minimum atomic E-state index is -0.137. The summed E-state index contributed by atoms with van der Waals surface area (Å²) in [6, 6.07) is 11.9. The predicted octanol–water partition coefficient (Wildman–Crippen LogP) is 4.16. The molecule has 0 atom stereocenters. The first-order valence-corrected chi connectivity index (χ1v) is 10.3. The molecule has 0 fully saturated rings. The van der Waals surface area contributed by atoms with Crippen molar-refractivity contribution in [1.82, 2.24) is 20.1 Å². The third-order valence-electron chi connectivity index (χ3n) is 4.21. The molecule has 0 radical (unpaired) electrons. The number of amides is 1. The van der Waals surface area contributed by atoms with Crippen LogP contribution in [0, 0.1) is 4.77 Å². The van der Waals surface area contributed by atoms with E-state index >= 15 is 0 Å². The van der Waals surface area contributed by atoms with Crippen molar-refractivity contribution in [2.24, 2.45) is 0 Å². The number of H-pyrrole nitrogens is 1. The Morgan fingerprint density at radius 3 is 2.68 bits per heavy atom. The number of hydrogen-bond acceptors (Lipinski definition) is 5. The van der Waals surface area contributed by atoms with Crippen LogP contribution in [-0.4, -0.2) is 33.8 Å². The van der Waals surface area contributed by atoms with Gasteiger partial charge >= 0.3 is 0 Å². The number of rotatable bonds is 7. The molecule has 6 nitrogen and oxygen atoms in total. The Hall–Kier alpha value is -2.45. The highest BCUT2D eigenvalue weighted by molar-refractivity contribution is 7.71. The Balaban J connectivity index is 1.48. The van der Waals surface area contributed by atoms with E-state index in [2.05, 4.69) is 48.4 Å². The van der Waals surface area contributed by atoms with E-state index in [1.165, 1.54) is 5.56 Å². The van der Waals surface area contributed by atoms with Crippen molar-refractivity contribution in [3.63, 3.8) is 0 Å². The predicted molar refractivity (Wildman–Crippen MR) is 114 cm³/mol. The number of hydrogen-bond donors (Lipinski definition) is 2. The minimum absolute atomic E-state index is 0.114. The van der Waals surface area contributed by atoms with Crippen LogP contribution >= 0.6 is 23.6 Å². The molecule has 0 aliphatic rings. The minimum Gasteiger partial charge on any atom is -0.492 e. The van der Waals surface area contributed by atoms with Crippen LogP contribution in [-0.2, 0) is 16.8 Å². The summed E-state index contributed by atoms with van der Waals surface area (Å²) >= 11 is 6.80. The van der Waals surface area contributed by atoms with Crippen molar-refractivity contribution < 1.29 is 9.53 Å². The Bertz CT molecular complexity index is 967. The van der Waals surface area contributed by atoms with Gasteiger partial charge in [0.05, 0.1) is 11.4 Å². The SMILES string of the molecule is CC(C)(C)c1ccc(OCCNC(=O)Cn2c(-c3cccs3)n[nH]c2=S)cc1. The largest absolute Gasteiger partial charge is 0.492 e. The Kier molecular flexibility index (Phi) is 6.31. The molecule has 0 aliphatic heterocycles. The highest BCUT2D eigenvalue weighted by Gasteiger charge is 2.14. The maximum Gasteiger partial charge on any atom is 0.240 e. The van der Waals surface area contributed by atoms with E-state index in [1.54, 1.807) is 15.9 Å². The summed E-state index contributed by atoms with van der Waals surface area (Å²) in [6.07, 6.45) is 0. The summed E-state index contributed by atoms with van der Waals surface area (Å²) in [7, 11) is 0. The second-order valence-corrected chi connectivity index (χ2v) is 8.72. The fraction of sp³-hybridized carbons (Fsp3) is 0.350. The van der Waals surface area contributed by atoms with Gasteiger partial charge in [-0.2, -0.15) is 5.10 Å². The molecule has 1 aromatic carbocycles. The fourth-order valence-electron chi connectivity index (χ4n) is 2.67. The molecule has 148 valence electrons. The number of nitrogens with one attached hydrogen (secondary N) is 2. The number of nitrogens with zero attached hydrogens (tertiary/aromatic N) is 2. The lowest BCUT2D eigenvalue weighted by Crippen LogP contribution is -2.31. The lowest BCUT2D eigenvalue weighted by molar-refractivity contribution is -0.121. The number of carbonyl (C=O) groups is 1. The van der Waals surface area contributed by atoms with Crippen molar-refractivity contribution >= 4 is 29.5 Å². The lowest BCUT2D eigenvalue weighted by Gasteiger charge is -2.19. The van der Waals surface area contributed by atoms with Crippen LogP contribution in [0.5, 0.6) is 5.75 Å². The van der Waals surface area contributed by atoms with E-state index in [0.717, 1.165) is 10.6 Å². The monoisotopic (exact) mass is 416 g/mol. The highest BCUT2D eigenvalue weighted by atomic mass is 32.1. The molecule has 0 saturated carbocycles. The third kappa shape index (κ3) is 5.08. The summed E-state index contributed by atoms with van der Waals surface area (Å²) in [5.41, 5.74) is 1.37. The van der Waals surface area contributed by atoms with Gasteiger partial charge in [-0.1, -0.05) is 39.0 Å². The summed E-state index contributed by atoms with van der Waals surface area (Å²) in [4.78, 5) is 13.2. The Morgan fingerprint density at radius 1 is 1.29 bits per heavy atom. The maximum atomic E-state index is 12.3. The standard InChI is InChI=1S/C20H24N4O2S2/c1-20(2,3)14-6-8-15(9-7-14)26-11-10-21-17(25)13-24-18(22-23-19(24)27)16-5-4-12-28-16/h4-9,12H,10-11,13H2,1-3H3,(H,21,25)(H,23,27). The van der Waals surface area contributed by atoms with Crippen molar-refractivity contribution in [2.75, 3.05) is 13.2 Å². The van der Waals surface area contributed by atoms with Gasteiger partial charge in [0.2, 0.25) is 5.91 Å². The van der Waals surface area contributed by atoms with Crippen molar-refractivity contribution in [2.45, 2.75) is 32.7 Å². The molecular weight excluding hydrogens is 392 g/mol. The molecule has 0 bridgehead atoms. The average Bonchev–Trinajstić information content (AvgIpc) is 3.29. The van der Waals surface area contributed by atoms with Crippen molar-refractivity contribution in [3.8, 4) is 16.5 Å². The van der Waals surface area contributed by atoms with E-state index in [4.69, 9.17) is 17.0 Å². The third-order valence-corrected chi connectivity index (χ3v) is 5.39. The summed E-state index contributed by atoms with van der Waals surface area (Å²) < 4.78 is 7.83. The molecule has 0 unspecified atom stereocenters. The average molecular weight is 417 g/mol. The van der Waals surface area contributed by atoms with Crippen LogP contribution in [0.1, 0.15) is 26.3 Å². The fourth-order valence-corrected chi connectivity index (χ4v) is 3.59. The molecule has 8 heteroatoms. The van der Waals surface area contributed by atoms with Gasteiger partial charge in [-0.15, -0.1) is 11.3 Å². The molecule has 2 heterocycles. The first kappa shape index (κ1) is 20.3. The summed E-state index contributed by atoms with van der Waals surface area (Å²) in [5, 5.41) is 11.8. The molecular formula is C20H24N4O2S2. The molecule has 0 spiro atoms. The van der Waals surface area contributed by atoms with Gasteiger partial charge in [0.1, 0.15) is 18.9 Å². The number of benzene rings is 1. The molecule has 2 N–H and O–H groups in total. The second kappa shape index (κ2) is 8.70. The first-order valence-electron chi connectivity index (χ1n) is 9.04. The normalized spacial score (nSPS) is 11.4. The van der Waals surface area contributed by atoms with E-state index in [9.17, 15) is 4.79 Å². The van der Waals surface area contributed by atoms with E-state index in [1.807, 2.05) is 29.6 Å². The topological polar surface area (TPSA) is 71.9 Å². The van der Waals surface area contributed by atoms with Gasteiger partial charge in [-0.25, -0.2) is 0 Å². The van der Waals surface area contributed by atoms with Crippen molar-refractivity contribution in [1.29, 1.82) is 0 Å². The zero-order valence-electron chi connectivity index (χ0n) is 16.2. The summed E-state index contributed by atoms with van der Waals surface area (Å²) in [6.45, 7) is 7.45. The van der Waals surface area contributed by atoms with Gasteiger partial charge in [0.15, 0.2) is 10.6 Å². The zero-order chi connectivity index (χ0) is 20.1. The number of thiophene rings is 1. The Labute approximate surface area is 173 Å². The number of ether oxygens (including phenoxy) is 1. The van der Waals surface area contributed by atoms with Gasteiger partial charge in [0.25, 0.3) is 0 Å². The quantitative estimate of drug-likeness (QED) is 0.448. The van der Waals surface area contributed by atoms with Crippen molar-refractivity contribution in [3.05, 3.63) is 52.1 Å². The van der Waals surface area contributed by atoms with E-state index in [-0.39, 0.29) is 17.9 Å². The van der Waals surface area contributed by atoms with Gasteiger partial charge in [-0.05, 0) is 46.8 Å². The number of aromatic amines is 1. The number of carbonyl (C=O) groups excluding carboxylic acids is 1. The molecule has 28 heavy (non-hydrogen) atoms. The van der Waals surface area contributed by atoms with Crippen LogP contribution in [0.3, 0.4) is 0 Å². The van der Waals surface area contributed by atoms with E-state index in [0.29, 0.717) is 23.7 Å². The summed E-state index contributed by atoms with van der Waals surface area (Å²) in [5.74, 6) is 1.33. The molecule has 2 aromatic heterocycles. The molecule has 0 aliphatic carbocycles.